The van der Waals surface area contributed by atoms with Gasteiger partial charge in [-0.3, -0.25) is 14.6 Å². The van der Waals surface area contributed by atoms with Crippen LogP contribution in [0.5, 0.6) is 0 Å². The minimum absolute atomic E-state index is 0. The number of hydrogen-bond acceptors (Lipinski definition) is 3. The van der Waals surface area contributed by atoms with Gasteiger partial charge in [-0.15, -0.1) is 0 Å². The van der Waals surface area contributed by atoms with Crippen LogP contribution in [0.3, 0.4) is 0 Å². The van der Waals surface area contributed by atoms with E-state index in [0.717, 1.165) is 5.69 Å². The second kappa shape index (κ2) is 8.77. The van der Waals surface area contributed by atoms with Crippen molar-refractivity contribution >= 4 is 11.9 Å². The van der Waals surface area contributed by atoms with E-state index in [-0.39, 0.29) is 40.1 Å². The fourth-order valence-corrected chi connectivity index (χ4v) is 1.50. The molecule has 0 spiro atoms. The van der Waals surface area contributed by atoms with Crippen LogP contribution in [-0.4, -0.2) is 27.1 Å². The number of aromatic nitrogens is 1. The molecule has 1 aliphatic rings. The van der Waals surface area contributed by atoms with E-state index in [4.69, 9.17) is 10.2 Å². The van der Waals surface area contributed by atoms with Crippen molar-refractivity contribution in [3.05, 3.63) is 36.2 Å². The van der Waals surface area contributed by atoms with Gasteiger partial charge in [0.1, 0.15) is 0 Å². The number of carboxylic acid groups (broad SMARTS) is 2. The van der Waals surface area contributed by atoms with Crippen LogP contribution in [0.25, 0.3) is 6.15 Å². The molecular formula is C12H17N2O4Pt-. The SMILES string of the molecule is Cc1ccccn1.O=C(O)C1(C(=O)O)CCC1.[NH2-].[Pt]. The molecule has 4 N–H and O–H groups in total. The van der Waals surface area contributed by atoms with Crippen LogP contribution in [0.1, 0.15) is 25.0 Å². The summed E-state index contributed by atoms with van der Waals surface area (Å²) in [6.45, 7) is 1.97. The number of hydrogen-bond donors (Lipinski definition) is 2. The number of pyridine rings is 1. The van der Waals surface area contributed by atoms with E-state index in [1.165, 1.54) is 0 Å². The van der Waals surface area contributed by atoms with Gasteiger partial charge in [0.25, 0.3) is 0 Å². The summed E-state index contributed by atoms with van der Waals surface area (Å²) in [5.74, 6) is -2.41. The van der Waals surface area contributed by atoms with Crippen molar-refractivity contribution < 1.29 is 40.9 Å². The van der Waals surface area contributed by atoms with Crippen molar-refractivity contribution in [3.63, 3.8) is 0 Å². The van der Waals surface area contributed by atoms with E-state index in [9.17, 15) is 9.59 Å². The third-order valence-electron chi connectivity index (χ3n) is 2.84. The first-order valence-corrected chi connectivity index (χ1v) is 5.33. The summed E-state index contributed by atoms with van der Waals surface area (Å²) < 4.78 is 0. The average Bonchev–Trinajstić information content (AvgIpc) is 2.16. The molecule has 1 aliphatic carbocycles. The molecule has 6 nitrogen and oxygen atoms in total. The predicted molar refractivity (Wildman–Crippen MR) is 65.8 cm³/mol. The Morgan fingerprint density at radius 1 is 1.21 bits per heavy atom. The minimum atomic E-state index is -1.44. The van der Waals surface area contributed by atoms with Crippen molar-refractivity contribution in [2.45, 2.75) is 26.2 Å². The van der Waals surface area contributed by atoms with E-state index in [1.54, 1.807) is 6.20 Å². The Balaban J connectivity index is 0. The average molecular weight is 448 g/mol. The third-order valence-corrected chi connectivity index (χ3v) is 2.84. The van der Waals surface area contributed by atoms with E-state index in [2.05, 4.69) is 4.98 Å². The number of carboxylic acids is 2. The number of nitrogens with two attached hydrogens (primary N) is 1. The first-order valence-electron chi connectivity index (χ1n) is 5.33. The van der Waals surface area contributed by atoms with Crippen molar-refractivity contribution in [1.29, 1.82) is 0 Å². The van der Waals surface area contributed by atoms with Crippen LogP contribution in [-0.2, 0) is 30.7 Å². The normalized spacial score (nSPS) is 14.4. The Labute approximate surface area is 126 Å². The Bertz CT molecular complexity index is 391. The standard InChI is InChI=1S/C6H7N.C6H8O4.H2N.Pt/c1-6-4-2-3-5-7-6;7-4(8)6(5(9)10)2-1-3-6;;/h2-5H,1H3;1-3H2,(H,7,8)(H,9,10);1H2;/q;;-1;. The minimum Gasteiger partial charge on any atom is -0.693 e. The number of nitrogens with zero attached hydrogens (tertiary/aromatic N) is 1. The molecule has 1 fully saturated rings. The molecule has 1 heterocycles. The molecular weight excluding hydrogens is 431 g/mol. The monoisotopic (exact) mass is 448 g/mol. The van der Waals surface area contributed by atoms with Crippen LogP contribution in [0.4, 0.5) is 0 Å². The number of rotatable bonds is 2. The van der Waals surface area contributed by atoms with Crippen molar-refractivity contribution in [3.8, 4) is 0 Å². The number of carbonyl (C=O) groups is 2. The van der Waals surface area contributed by atoms with Gasteiger partial charge in [-0.1, -0.05) is 6.07 Å². The van der Waals surface area contributed by atoms with Gasteiger partial charge in [-0.05, 0) is 38.3 Å². The van der Waals surface area contributed by atoms with Crippen LogP contribution in [0, 0.1) is 12.3 Å². The quantitative estimate of drug-likeness (QED) is 0.674. The molecule has 0 aromatic carbocycles. The van der Waals surface area contributed by atoms with Crippen LogP contribution in [0.15, 0.2) is 24.4 Å². The topological polar surface area (TPSA) is 121 Å². The number of aliphatic carboxylic acids is 2. The molecule has 1 aromatic rings. The second-order valence-electron chi connectivity index (χ2n) is 4.02. The predicted octanol–water partition coefficient (Wildman–Crippen LogP) is 2.43. The van der Waals surface area contributed by atoms with Gasteiger partial charge in [-0.2, -0.15) is 0 Å². The molecule has 1 saturated carbocycles. The molecule has 0 saturated heterocycles. The maximum atomic E-state index is 10.4. The molecule has 2 rings (SSSR count). The summed E-state index contributed by atoms with van der Waals surface area (Å²) >= 11 is 0. The molecule has 0 aliphatic heterocycles. The molecule has 1 aromatic heterocycles. The van der Waals surface area contributed by atoms with Gasteiger partial charge in [-0.25, -0.2) is 0 Å². The van der Waals surface area contributed by atoms with E-state index in [1.807, 2.05) is 25.1 Å². The third kappa shape index (κ3) is 5.09. The van der Waals surface area contributed by atoms with Crippen LogP contribution >= 0.6 is 0 Å². The molecule has 0 bridgehead atoms. The van der Waals surface area contributed by atoms with Gasteiger partial charge in [0.05, 0.1) is 0 Å². The molecule has 0 radical (unpaired) electrons. The summed E-state index contributed by atoms with van der Waals surface area (Å²) in [6.07, 6.45) is 3.04. The molecule has 0 atom stereocenters. The van der Waals surface area contributed by atoms with Gasteiger partial charge in [0.15, 0.2) is 5.41 Å². The van der Waals surface area contributed by atoms with Crippen LogP contribution < -0.4 is 0 Å². The van der Waals surface area contributed by atoms with Gasteiger partial charge in [0, 0.05) is 33.0 Å². The zero-order chi connectivity index (χ0) is 12.9. The van der Waals surface area contributed by atoms with Gasteiger partial charge >= 0.3 is 11.9 Å². The van der Waals surface area contributed by atoms with E-state index < -0.39 is 17.4 Å². The number of aryl methyl sites for hydroxylation is 1. The van der Waals surface area contributed by atoms with Gasteiger partial charge in [0.2, 0.25) is 0 Å². The summed E-state index contributed by atoms with van der Waals surface area (Å²) in [6, 6.07) is 5.86. The second-order valence-corrected chi connectivity index (χ2v) is 4.02. The Morgan fingerprint density at radius 3 is 1.84 bits per heavy atom. The van der Waals surface area contributed by atoms with E-state index in [0.29, 0.717) is 6.42 Å². The Kier molecular flexibility index (Phi) is 9.26. The maximum absolute atomic E-state index is 10.4. The molecule has 0 amide bonds. The largest absolute Gasteiger partial charge is 0.693 e. The first kappa shape index (κ1) is 20.1. The summed E-state index contributed by atoms with van der Waals surface area (Å²) in [7, 11) is 0. The summed E-state index contributed by atoms with van der Waals surface area (Å²) in [4.78, 5) is 24.7. The molecule has 7 heteroatoms. The van der Waals surface area contributed by atoms with E-state index >= 15 is 0 Å². The Morgan fingerprint density at radius 2 is 1.74 bits per heavy atom. The molecule has 0 unspecified atom stereocenters. The molecule has 110 valence electrons. The smallest absolute Gasteiger partial charge is 0.321 e. The van der Waals surface area contributed by atoms with Crippen LogP contribution in [0.2, 0.25) is 0 Å². The van der Waals surface area contributed by atoms with Crippen molar-refractivity contribution in [2.75, 3.05) is 0 Å². The summed E-state index contributed by atoms with van der Waals surface area (Å²) in [5, 5.41) is 16.9. The molecule has 19 heavy (non-hydrogen) atoms. The summed E-state index contributed by atoms with van der Waals surface area (Å²) in [5.41, 5.74) is -0.373. The fourth-order valence-electron chi connectivity index (χ4n) is 1.50. The van der Waals surface area contributed by atoms with Crippen molar-refractivity contribution in [2.24, 2.45) is 5.41 Å². The maximum Gasteiger partial charge on any atom is 0.321 e. The van der Waals surface area contributed by atoms with Gasteiger partial charge < -0.3 is 16.4 Å². The van der Waals surface area contributed by atoms with Crippen molar-refractivity contribution in [1.82, 2.24) is 4.98 Å². The first-order chi connectivity index (χ1) is 7.99. The fraction of sp³-hybridized carbons (Fsp3) is 0.417. The Hall–Kier alpha value is -1.26. The zero-order valence-electron chi connectivity index (χ0n) is 10.5. The zero-order valence-corrected chi connectivity index (χ0v) is 12.8.